The number of hydrogen-bond acceptors (Lipinski definition) is 2. The molecule has 0 aromatic rings. The van der Waals surface area contributed by atoms with E-state index in [1.165, 1.54) is 0 Å². The molecule has 2 heteroatoms. The van der Waals surface area contributed by atoms with Crippen LogP contribution in [0.1, 0.15) is 0 Å². The number of likely N-dealkylation sites (N-methyl/N-ethyl adjacent to an activating group) is 1. The quantitative estimate of drug-likeness (QED) is 0.464. The Morgan fingerprint density at radius 2 is 2.00 bits per heavy atom. The Kier molecular flexibility index (Phi) is 3.08. The monoisotopic (exact) mass is 90.1 g/mol. The van der Waals surface area contributed by atoms with Gasteiger partial charge in [-0.3, -0.25) is 0 Å². The molecular weight excluding hydrogens is 79.0 g/mol. The van der Waals surface area contributed by atoms with Crippen LogP contribution in [0, 0.1) is 0 Å². The second-order valence-electron chi connectivity index (χ2n) is 1.53. The van der Waals surface area contributed by atoms with E-state index in [0.29, 0.717) is 0 Å². The number of hydrogen-bond donors (Lipinski definition) is 1. The summed E-state index contributed by atoms with van der Waals surface area (Å²) < 4.78 is 0. The molecule has 0 unspecified atom stereocenters. The summed E-state index contributed by atoms with van der Waals surface area (Å²) in [5.41, 5.74) is 0. The zero-order valence-electron chi connectivity index (χ0n) is 4.31. The molecule has 0 bridgehead atoms. The lowest BCUT2D eigenvalue weighted by molar-refractivity contribution is 0.243. The fourth-order valence-electron chi connectivity index (χ4n) is 0.200. The molecule has 2 nitrogen and oxygen atoms in total. The van der Waals surface area contributed by atoms with Crippen molar-refractivity contribution >= 4 is 0 Å². The van der Waals surface area contributed by atoms with E-state index in [-0.39, 0.29) is 6.61 Å². The van der Waals surface area contributed by atoms with Crippen molar-refractivity contribution in [3.63, 3.8) is 0 Å². The van der Waals surface area contributed by atoms with Crippen molar-refractivity contribution in [3.8, 4) is 0 Å². The van der Waals surface area contributed by atoms with E-state index in [4.69, 9.17) is 5.11 Å². The summed E-state index contributed by atoms with van der Waals surface area (Å²) in [5.74, 6) is 0. The Balaban J connectivity index is 2.63. The molecule has 0 aliphatic rings. The van der Waals surface area contributed by atoms with Gasteiger partial charge in [-0.2, -0.15) is 0 Å². The summed E-state index contributed by atoms with van der Waals surface area (Å²) in [5, 5.41) is 8.20. The first-order valence-corrected chi connectivity index (χ1v) is 2.03. The Hall–Kier alpha value is -0.0800. The molecule has 0 aromatic carbocycles. The summed E-state index contributed by atoms with van der Waals surface area (Å²) in [6, 6.07) is 0. The van der Waals surface area contributed by atoms with Crippen molar-refractivity contribution in [3.05, 3.63) is 0 Å². The van der Waals surface area contributed by atoms with Gasteiger partial charge < -0.3 is 10.0 Å². The molecule has 38 valence electrons. The maximum absolute atomic E-state index is 8.20. The summed E-state index contributed by atoms with van der Waals surface area (Å²) in [7, 11) is 3.85. The maximum atomic E-state index is 8.20. The first kappa shape index (κ1) is 5.92. The largest absolute Gasteiger partial charge is 0.395 e. The molecular formula is C4H11NO. The Labute approximate surface area is 38.4 Å². The molecule has 0 rings (SSSR count). The van der Waals surface area contributed by atoms with Crippen LogP contribution in [0.3, 0.4) is 0 Å². The molecule has 0 spiro atoms. The topological polar surface area (TPSA) is 23.5 Å². The molecule has 0 fully saturated rings. The maximum Gasteiger partial charge on any atom is 0.0558 e. The van der Waals surface area contributed by atoms with Gasteiger partial charge in [-0.05, 0) is 14.1 Å². The van der Waals surface area contributed by atoms with E-state index in [0.717, 1.165) is 6.54 Å². The van der Waals surface area contributed by atoms with Gasteiger partial charge in [-0.25, -0.2) is 0 Å². The van der Waals surface area contributed by atoms with Crippen molar-refractivity contribution in [2.45, 2.75) is 0 Å². The van der Waals surface area contributed by atoms with E-state index in [9.17, 15) is 0 Å². The molecule has 0 aromatic heterocycles. The zero-order chi connectivity index (χ0) is 4.99. The number of nitrogens with zero attached hydrogens (tertiary/aromatic N) is 1. The van der Waals surface area contributed by atoms with Crippen LogP contribution in [0.15, 0.2) is 0 Å². The third-order valence-electron chi connectivity index (χ3n) is 0.547. The lowest BCUT2D eigenvalue weighted by atomic mass is 10.7. The van der Waals surface area contributed by atoms with E-state index in [1.807, 2.05) is 19.0 Å². The number of aliphatic hydroxyl groups excluding tert-OH is 1. The molecule has 0 aliphatic carbocycles. The van der Waals surface area contributed by atoms with Crippen molar-refractivity contribution in [1.29, 1.82) is 0 Å². The van der Waals surface area contributed by atoms with Crippen LogP contribution < -0.4 is 0 Å². The summed E-state index contributed by atoms with van der Waals surface area (Å²) in [6.45, 7) is 1.02. The molecule has 6 heavy (non-hydrogen) atoms. The van der Waals surface area contributed by atoms with E-state index >= 15 is 0 Å². The second-order valence-corrected chi connectivity index (χ2v) is 1.53. The number of rotatable bonds is 2. The van der Waals surface area contributed by atoms with Crippen LogP contribution >= 0.6 is 0 Å². The van der Waals surface area contributed by atoms with E-state index in [2.05, 4.69) is 0 Å². The van der Waals surface area contributed by atoms with Gasteiger partial charge in [0.25, 0.3) is 0 Å². The Bertz CT molecular complexity index is 28.7. The summed E-state index contributed by atoms with van der Waals surface area (Å²) in [6.07, 6.45) is 0. The lowest BCUT2D eigenvalue weighted by Crippen LogP contribution is -2.15. The normalized spacial score (nSPS) is 10.0. The molecule has 0 saturated heterocycles. The molecule has 0 heterocycles. The van der Waals surface area contributed by atoms with Gasteiger partial charge in [0.05, 0.1) is 6.61 Å². The average molecular weight is 90.1 g/mol. The highest BCUT2D eigenvalue weighted by Gasteiger charge is 1.80. The van der Waals surface area contributed by atoms with E-state index in [1.54, 1.807) is 0 Å². The zero-order valence-corrected chi connectivity index (χ0v) is 4.31. The van der Waals surface area contributed by atoms with Gasteiger partial charge in [0.1, 0.15) is 0 Å². The van der Waals surface area contributed by atoms with Crippen LogP contribution in [0.5, 0.6) is 0 Å². The van der Waals surface area contributed by atoms with E-state index < -0.39 is 0 Å². The summed E-state index contributed by atoms with van der Waals surface area (Å²) >= 11 is 0. The molecule has 0 aliphatic heterocycles. The molecule has 0 atom stereocenters. The Morgan fingerprint density at radius 3 is 2.00 bits per heavy atom. The minimum atomic E-state index is 0.257. The lowest BCUT2D eigenvalue weighted by Gasteiger charge is -2.03. The molecule has 0 radical (unpaired) electrons. The predicted molar refractivity (Wildman–Crippen MR) is 25.6 cm³/mol. The highest BCUT2D eigenvalue weighted by atomic mass is 16.3. The van der Waals surface area contributed by atoms with Gasteiger partial charge in [-0.15, -0.1) is 0 Å². The standard InChI is InChI=1S/C4H11NO/c1-5(2)3-4-6/h6H,3-4H2,1-2H3/i5+1. The van der Waals surface area contributed by atoms with Gasteiger partial charge in [0.2, 0.25) is 0 Å². The van der Waals surface area contributed by atoms with Gasteiger partial charge in [0.15, 0.2) is 0 Å². The van der Waals surface area contributed by atoms with Crippen LogP contribution in [-0.2, 0) is 0 Å². The van der Waals surface area contributed by atoms with Crippen molar-refractivity contribution in [2.24, 2.45) is 0 Å². The SMILES string of the molecule is C[15N](C)CCO. The third kappa shape index (κ3) is 3.92. The van der Waals surface area contributed by atoms with Crippen LogP contribution in [0.25, 0.3) is 0 Å². The highest BCUT2D eigenvalue weighted by Crippen LogP contribution is 1.66. The fraction of sp³-hybridized carbons (Fsp3) is 1.00. The van der Waals surface area contributed by atoms with Crippen molar-refractivity contribution in [1.82, 2.24) is 4.90 Å². The third-order valence-corrected chi connectivity index (χ3v) is 0.547. The van der Waals surface area contributed by atoms with Crippen LogP contribution in [-0.4, -0.2) is 37.3 Å². The minimum absolute atomic E-state index is 0.257. The van der Waals surface area contributed by atoms with Crippen molar-refractivity contribution in [2.75, 3.05) is 27.2 Å². The van der Waals surface area contributed by atoms with Gasteiger partial charge in [-0.1, -0.05) is 0 Å². The summed E-state index contributed by atoms with van der Waals surface area (Å²) in [4.78, 5) is 1.93. The van der Waals surface area contributed by atoms with Gasteiger partial charge in [0, 0.05) is 6.54 Å². The highest BCUT2D eigenvalue weighted by molar-refractivity contribution is 4.34. The predicted octanol–water partition coefficient (Wildman–Crippen LogP) is -0.460. The van der Waals surface area contributed by atoms with Crippen molar-refractivity contribution < 1.29 is 5.11 Å². The first-order valence-electron chi connectivity index (χ1n) is 2.03. The van der Waals surface area contributed by atoms with Gasteiger partial charge >= 0.3 is 0 Å². The number of aliphatic hydroxyl groups is 1. The molecule has 0 amide bonds. The molecule has 0 saturated carbocycles. The minimum Gasteiger partial charge on any atom is -0.395 e. The Morgan fingerprint density at radius 1 is 1.50 bits per heavy atom. The molecule has 1 N–H and O–H groups in total. The smallest absolute Gasteiger partial charge is 0.0558 e. The fourth-order valence-corrected chi connectivity index (χ4v) is 0.200. The van der Waals surface area contributed by atoms with Crippen LogP contribution in [0.2, 0.25) is 0 Å². The van der Waals surface area contributed by atoms with Crippen LogP contribution in [0.4, 0.5) is 0 Å². The second kappa shape index (κ2) is 3.12. The average Bonchev–Trinajstić information content (AvgIpc) is 1.35. The first-order chi connectivity index (χ1) is 2.77.